The summed E-state index contributed by atoms with van der Waals surface area (Å²) >= 11 is 0. The van der Waals surface area contributed by atoms with Gasteiger partial charge in [-0.25, -0.2) is 4.98 Å². The van der Waals surface area contributed by atoms with E-state index < -0.39 is 0 Å². The molecule has 5 heteroatoms. The molecule has 2 aromatic carbocycles. The SMILES string of the molecule is COc1cc2c(cc1OC)[C@@H](c1ccccc1)N(Cc1cn3cc(C)ccc3n1)CC2. The minimum absolute atomic E-state index is 0.135. The molecule has 0 saturated heterocycles. The number of imidazole rings is 1. The fraction of sp³-hybridized carbons (Fsp3) is 0.269. The van der Waals surface area contributed by atoms with Crippen LogP contribution < -0.4 is 9.47 Å². The van der Waals surface area contributed by atoms with Crippen molar-refractivity contribution in [3.05, 3.63) is 94.9 Å². The van der Waals surface area contributed by atoms with Crippen LogP contribution in [0.4, 0.5) is 0 Å². The lowest BCUT2D eigenvalue weighted by Gasteiger charge is -2.37. The van der Waals surface area contributed by atoms with Crippen molar-refractivity contribution in [2.24, 2.45) is 0 Å². The molecule has 3 heterocycles. The van der Waals surface area contributed by atoms with Crippen LogP contribution in [0.25, 0.3) is 5.65 Å². The topological polar surface area (TPSA) is 39.0 Å². The summed E-state index contributed by atoms with van der Waals surface area (Å²) in [5.41, 5.74) is 7.15. The molecule has 5 rings (SSSR count). The van der Waals surface area contributed by atoms with Crippen molar-refractivity contribution in [2.45, 2.75) is 25.9 Å². The Balaban J connectivity index is 1.56. The van der Waals surface area contributed by atoms with E-state index in [1.165, 1.54) is 22.3 Å². The van der Waals surface area contributed by atoms with E-state index >= 15 is 0 Å². The predicted molar refractivity (Wildman–Crippen MR) is 122 cm³/mol. The van der Waals surface area contributed by atoms with Crippen molar-refractivity contribution in [1.29, 1.82) is 0 Å². The second kappa shape index (κ2) is 8.08. The molecule has 1 atom stereocenters. The standard InChI is InChI=1S/C26H27N3O2/c1-18-9-10-25-27-21(17-29(25)15-18)16-28-12-11-20-13-23(30-2)24(31-3)14-22(20)26(28)19-7-5-4-6-8-19/h4-10,13-15,17,26H,11-12,16H2,1-3H3/t26-/m1/s1. The molecule has 0 bridgehead atoms. The van der Waals surface area contributed by atoms with Gasteiger partial charge in [-0.05, 0) is 53.8 Å². The molecule has 158 valence electrons. The third-order valence-corrected chi connectivity index (χ3v) is 6.10. The lowest BCUT2D eigenvalue weighted by molar-refractivity contribution is 0.201. The molecular formula is C26H27N3O2. The van der Waals surface area contributed by atoms with Crippen LogP contribution in [0, 0.1) is 6.92 Å². The summed E-state index contributed by atoms with van der Waals surface area (Å²) in [4.78, 5) is 7.38. The van der Waals surface area contributed by atoms with Crippen LogP contribution in [0.3, 0.4) is 0 Å². The van der Waals surface area contributed by atoms with Crippen LogP contribution in [0.2, 0.25) is 0 Å². The van der Waals surface area contributed by atoms with E-state index in [0.717, 1.165) is 42.4 Å². The van der Waals surface area contributed by atoms with Crippen LogP contribution in [-0.2, 0) is 13.0 Å². The summed E-state index contributed by atoms with van der Waals surface area (Å²) in [6.45, 7) is 3.84. The largest absolute Gasteiger partial charge is 0.493 e. The van der Waals surface area contributed by atoms with Gasteiger partial charge in [0.25, 0.3) is 0 Å². The Bertz CT molecular complexity index is 1220. The molecule has 0 saturated carbocycles. The van der Waals surface area contributed by atoms with Crippen molar-refractivity contribution in [3.63, 3.8) is 0 Å². The molecule has 0 amide bonds. The van der Waals surface area contributed by atoms with Gasteiger partial charge in [-0.15, -0.1) is 0 Å². The molecule has 5 nitrogen and oxygen atoms in total. The number of fused-ring (bicyclic) bond motifs is 2. The molecule has 1 aliphatic heterocycles. The molecule has 1 aliphatic rings. The highest BCUT2D eigenvalue weighted by Gasteiger charge is 2.30. The number of aromatic nitrogens is 2. The highest BCUT2D eigenvalue weighted by molar-refractivity contribution is 5.51. The van der Waals surface area contributed by atoms with Crippen LogP contribution in [0.15, 0.2) is 67.0 Å². The summed E-state index contributed by atoms with van der Waals surface area (Å²) in [6.07, 6.45) is 5.24. The van der Waals surface area contributed by atoms with Gasteiger partial charge in [0.1, 0.15) is 5.65 Å². The zero-order valence-electron chi connectivity index (χ0n) is 18.2. The van der Waals surface area contributed by atoms with Gasteiger partial charge in [0, 0.05) is 25.5 Å². The second-order valence-electron chi connectivity index (χ2n) is 8.14. The molecule has 0 N–H and O–H groups in total. The van der Waals surface area contributed by atoms with Crippen LogP contribution in [0.5, 0.6) is 11.5 Å². The molecule has 0 radical (unpaired) electrons. The molecule has 0 aliphatic carbocycles. The number of ether oxygens (including phenoxy) is 2. The first kappa shape index (κ1) is 19.6. The highest BCUT2D eigenvalue weighted by Crippen LogP contribution is 2.41. The molecule has 0 spiro atoms. The number of hydrogen-bond acceptors (Lipinski definition) is 4. The van der Waals surface area contributed by atoms with Crippen LogP contribution >= 0.6 is 0 Å². The summed E-state index contributed by atoms with van der Waals surface area (Å²) in [6, 6.07) is 19.3. The third-order valence-electron chi connectivity index (χ3n) is 6.10. The molecule has 2 aromatic heterocycles. The summed E-state index contributed by atoms with van der Waals surface area (Å²) in [5, 5.41) is 0. The first-order valence-corrected chi connectivity index (χ1v) is 10.6. The third kappa shape index (κ3) is 3.66. The lowest BCUT2D eigenvalue weighted by atomic mass is 9.87. The Hall–Kier alpha value is -3.31. The monoisotopic (exact) mass is 413 g/mol. The van der Waals surface area contributed by atoms with E-state index in [0.29, 0.717) is 0 Å². The van der Waals surface area contributed by atoms with Crippen LogP contribution in [-0.4, -0.2) is 35.0 Å². The number of rotatable bonds is 5. The maximum absolute atomic E-state index is 5.63. The van der Waals surface area contributed by atoms with E-state index in [1.807, 2.05) is 0 Å². The minimum Gasteiger partial charge on any atom is -0.493 e. The number of pyridine rings is 1. The number of hydrogen-bond donors (Lipinski definition) is 0. The smallest absolute Gasteiger partial charge is 0.161 e. The van der Waals surface area contributed by atoms with Gasteiger partial charge < -0.3 is 13.9 Å². The van der Waals surface area contributed by atoms with Crippen molar-refractivity contribution >= 4 is 5.65 Å². The van der Waals surface area contributed by atoms with Crippen molar-refractivity contribution in [2.75, 3.05) is 20.8 Å². The van der Waals surface area contributed by atoms with E-state index in [2.05, 4.69) is 83.2 Å². The van der Waals surface area contributed by atoms with Gasteiger partial charge in [-0.2, -0.15) is 0 Å². The van der Waals surface area contributed by atoms with Gasteiger partial charge in [-0.1, -0.05) is 36.4 Å². The summed E-state index contributed by atoms with van der Waals surface area (Å²) < 4.78 is 13.3. The fourth-order valence-electron chi connectivity index (χ4n) is 4.63. The Morgan fingerprint density at radius 3 is 2.52 bits per heavy atom. The van der Waals surface area contributed by atoms with Gasteiger partial charge in [0.05, 0.1) is 26.0 Å². The first-order valence-electron chi connectivity index (χ1n) is 10.6. The van der Waals surface area contributed by atoms with Gasteiger partial charge in [-0.3, -0.25) is 4.90 Å². The number of benzene rings is 2. The molecule has 31 heavy (non-hydrogen) atoms. The Kier molecular flexibility index (Phi) is 5.12. The minimum atomic E-state index is 0.135. The summed E-state index contributed by atoms with van der Waals surface area (Å²) in [5.74, 6) is 1.56. The van der Waals surface area contributed by atoms with E-state index in [9.17, 15) is 0 Å². The average Bonchev–Trinajstić information content (AvgIpc) is 3.19. The Labute approximate surface area is 182 Å². The predicted octanol–water partition coefficient (Wildman–Crippen LogP) is 4.81. The van der Waals surface area contributed by atoms with E-state index in [1.54, 1.807) is 14.2 Å². The fourth-order valence-corrected chi connectivity index (χ4v) is 4.63. The number of aryl methyl sites for hydroxylation is 1. The van der Waals surface area contributed by atoms with Crippen molar-refractivity contribution < 1.29 is 9.47 Å². The normalized spacial score (nSPS) is 16.3. The van der Waals surface area contributed by atoms with Gasteiger partial charge >= 0.3 is 0 Å². The van der Waals surface area contributed by atoms with E-state index in [4.69, 9.17) is 14.5 Å². The Morgan fingerprint density at radius 2 is 1.74 bits per heavy atom. The molecular weight excluding hydrogens is 386 g/mol. The first-order chi connectivity index (χ1) is 15.2. The Morgan fingerprint density at radius 1 is 0.968 bits per heavy atom. The summed E-state index contributed by atoms with van der Waals surface area (Å²) in [7, 11) is 3.39. The van der Waals surface area contributed by atoms with Crippen LogP contribution in [0.1, 0.15) is 34.0 Å². The quantitative estimate of drug-likeness (QED) is 0.471. The maximum atomic E-state index is 5.63. The average molecular weight is 414 g/mol. The molecule has 0 fully saturated rings. The van der Waals surface area contributed by atoms with E-state index in [-0.39, 0.29) is 6.04 Å². The zero-order chi connectivity index (χ0) is 21.4. The zero-order valence-corrected chi connectivity index (χ0v) is 18.2. The second-order valence-corrected chi connectivity index (χ2v) is 8.14. The molecule has 4 aromatic rings. The number of nitrogens with zero attached hydrogens (tertiary/aromatic N) is 3. The lowest BCUT2D eigenvalue weighted by Crippen LogP contribution is -2.35. The van der Waals surface area contributed by atoms with Crippen molar-refractivity contribution in [1.82, 2.24) is 14.3 Å². The number of methoxy groups -OCH3 is 2. The van der Waals surface area contributed by atoms with Gasteiger partial charge in [0.2, 0.25) is 0 Å². The molecule has 0 unspecified atom stereocenters. The van der Waals surface area contributed by atoms with Crippen molar-refractivity contribution in [3.8, 4) is 11.5 Å². The van der Waals surface area contributed by atoms with Gasteiger partial charge in [0.15, 0.2) is 11.5 Å². The maximum Gasteiger partial charge on any atom is 0.161 e. The highest BCUT2D eigenvalue weighted by atomic mass is 16.5.